The molecule has 4 heteroatoms. The lowest BCUT2D eigenvalue weighted by atomic mass is 9.83. The predicted molar refractivity (Wildman–Crippen MR) is 61.0 cm³/mol. The van der Waals surface area contributed by atoms with Crippen molar-refractivity contribution in [1.82, 2.24) is 5.32 Å². The van der Waals surface area contributed by atoms with E-state index in [1.807, 2.05) is 34.6 Å². The fourth-order valence-corrected chi connectivity index (χ4v) is 2.11. The molecule has 0 spiro atoms. The van der Waals surface area contributed by atoms with Gasteiger partial charge in [0.05, 0.1) is 5.92 Å². The summed E-state index contributed by atoms with van der Waals surface area (Å²) in [6, 6.07) is 0. The molecule has 0 radical (unpaired) electrons. The SMILES string of the molecule is CC(C)(C)OC(=O)C1C(C=O)CNC1(C)C. The van der Waals surface area contributed by atoms with Gasteiger partial charge < -0.3 is 14.8 Å². The normalized spacial score (nSPS) is 28.8. The Morgan fingerprint density at radius 2 is 2.00 bits per heavy atom. The van der Waals surface area contributed by atoms with Gasteiger partial charge >= 0.3 is 5.97 Å². The van der Waals surface area contributed by atoms with Crippen molar-refractivity contribution in [2.45, 2.75) is 45.8 Å². The Labute approximate surface area is 96.7 Å². The minimum atomic E-state index is -0.511. The molecule has 0 aromatic heterocycles. The van der Waals surface area contributed by atoms with E-state index in [-0.39, 0.29) is 17.4 Å². The van der Waals surface area contributed by atoms with Gasteiger partial charge in [0.25, 0.3) is 0 Å². The average molecular weight is 227 g/mol. The first kappa shape index (κ1) is 13.2. The molecule has 1 fully saturated rings. The van der Waals surface area contributed by atoms with Crippen LogP contribution < -0.4 is 5.32 Å². The maximum atomic E-state index is 12.0. The van der Waals surface area contributed by atoms with Gasteiger partial charge in [0.1, 0.15) is 11.9 Å². The van der Waals surface area contributed by atoms with Crippen molar-refractivity contribution < 1.29 is 14.3 Å². The number of aldehydes is 1. The molecule has 0 bridgehead atoms. The number of carbonyl (C=O) groups is 2. The van der Waals surface area contributed by atoms with Crippen LogP contribution in [-0.4, -0.2) is 29.9 Å². The van der Waals surface area contributed by atoms with Crippen LogP contribution in [0, 0.1) is 11.8 Å². The van der Waals surface area contributed by atoms with Gasteiger partial charge in [-0.3, -0.25) is 4.79 Å². The van der Waals surface area contributed by atoms with Gasteiger partial charge in [-0.25, -0.2) is 0 Å². The predicted octanol–water partition coefficient (Wildman–Crippen LogP) is 1.14. The van der Waals surface area contributed by atoms with Crippen LogP contribution in [0.3, 0.4) is 0 Å². The Balaban J connectivity index is 2.83. The molecule has 0 amide bonds. The van der Waals surface area contributed by atoms with Crippen LogP contribution in [0.5, 0.6) is 0 Å². The van der Waals surface area contributed by atoms with E-state index in [1.54, 1.807) is 0 Å². The van der Waals surface area contributed by atoms with E-state index in [4.69, 9.17) is 4.74 Å². The molecule has 1 heterocycles. The van der Waals surface area contributed by atoms with Gasteiger partial charge in [-0.15, -0.1) is 0 Å². The van der Waals surface area contributed by atoms with Crippen LogP contribution >= 0.6 is 0 Å². The number of hydrogen-bond acceptors (Lipinski definition) is 4. The Kier molecular flexibility index (Phi) is 3.43. The number of hydrogen-bond donors (Lipinski definition) is 1. The molecule has 0 aliphatic carbocycles. The van der Waals surface area contributed by atoms with Crippen molar-refractivity contribution in [3.63, 3.8) is 0 Å². The number of esters is 1. The van der Waals surface area contributed by atoms with Crippen molar-refractivity contribution in [3.8, 4) is 0 Å². The standard InChI is InChI=1S/C12H21NO3/c1-11(2,3)16-10(15)9-8(7-14)6-13-12(9,4)5/h7-9,13H,6H2,1-5H3. The largest absolute Gasteiger partial charge is 0.460 e. The van der Waals surface area contributed by atoms with Crippen LogP contribution in [0.4, 0.5) is 0 Å². The Hall–Kier alpha value is -0.900. The molecule has 1 rings (SSSR count). The van der Waals surface area contributed by atoms with E-state index in [1.165, 1.54) is 0 Å². The molecule has 0 aromatic carbocycles. The van der Waals surface area contributed by atoms with Crippen LogP contribution in [-0.2, 0) is 14.3 Å². The maximum absolute atomic E-state index is 12.0. The molecule has 1 aliphatic heterocycles. The van der Waals surface area contributed by atoms with Crippen LogP contribution in [0.2, 0.25) is 0 Å². The van der Waals surface area contributed by atoms with Crippen LogP contribution in [0.25, 0.3) is 0 Å². The monoisotopic (exact) mass is 227 g/mol. The van der Waals surface area contributed by atoms with E-state index in [0.29, 0.717) is 6.54 Å². The summed E-state index contributed by atoms with van der Waals surface area (Å²) >= 11 is 0. The summed E-state index contributed by atoms with van der Waals surface area (Å²) in [7, 11) is 0. The quantitative estimate of drug-likeness (QED) is 0.568. The average Bonchev–Trinajstić information content (AvgIpc) is 2.37. The number of nitrogens with one attached hydrogen (secondary N) is 1. The van der Waals surface area contributed by atoms with Crippen molar-refractivity contribution in [2.24, 2.45) is 11.8 Å². The smallest absolute Gasteiger partial charge is 0.312 e. The molecule has 4 nitrogen and oxygen atoms in total. The molecule has 2 unspecified atom stereocenters. The number of carbonyl (C=O) groups excluding carboxylic acids is 2. The van der Waals surface area contributed by atoms with Crippen LogP contribution in [0.15, 0.2) is 0 Å². The molecule has 2 atom stereocenters. The number of rotatable bonds is 2. The van der Waals surface area contributed by atoms with E-state index >= 15 is 0 Å². The fraction of sp³-hybridized carbons (Fsp3) is 0.833. The second kappa shape index (κ2) is 4.17. The topological polar surface area (TPSA) is 55.4 Å². The van der Waals surface area contributed by atoms with Gasteiger partial charge in [-0.2, -0.15) is 0 Å². The first-order chi connectivity index (χ1) is 7.17. The maximum Gasteiger partial charge on any atom is 0.312 e. The van der Waals surface area contributed by atoms with E-state index in [0.717, 1.165) is 6.29 Å². The molecular formula is C12H21NO3. The van der Waals surface area contributed by atoms with Crippen molar-refractivity contribution in [2.75, 3.05) is 6.54 Å². The third-order valence-electron chi connectivity index (χ3n) is 2.83. The first-order valence-electron chi connectivity index (χ1n) is 5.60. The molecule has 1 N–H and O–H groups in total. The minimum Gasteiger partial charge on any atom is -0.460 e. The second-order valence-corrected chi connectivity index (χ2v) is 5.91. The van der Waals surface area contributed by atoms with E-state index < -0.39 is 11.5 Å². The summed E-state index contributed by atoms with van der Waals surface area (Å²) in [6.07, 6.45) is 0.844. The Morgan fingerprint density at radius 3 is 2.44 bits per heavy atom. The third kappa shape index (κ3) is 2.82. The van der Waals surface area contributed by atoms with Crippen molar-refractivity contribution in [3.05, 3.63) is 0 Å². The first-order valence-corrected chi connectivity index (χ1v) is 5.60. The Bertz CT molecular complexity index is 291. The van der Waals surface area contributed by atoms with Crippen molar-refractivity contribution >= 4 is 12.3 Å². The summed E-state index contributed by atoms with van der Waals surface area (Å²) < 4.78 is 5.35. The zero-order chi connectivity index (χ0) is 12.6. The molecule has 16 heavy (non-hydrogen) atoms. The zero-order valence-corrected chi connectivity index (χ0v) is 10.7. The summed E-state index contributed by atoms with van der Waals surface area (Å²) in [5, 5.41) is 3.18. The molecule has 1 saturated heterocycles. The second-order valence-electron chi connectivity index (χ2n) is 5.91. The lowest BCUT2D eigenvalue weighted by Crippen LogP contribution is -2.45. The molecule has 1 aliphatic rings. The van der Waals surface area contributed by atoms with Crippen molar-refractivity contribution in [1.29, 1.82) is 0 Å². The highest BCUT2D eigenvalue weighted by molar-refractivity contribution is 5.79. The Morgan fingerprint density at radius 1 is 1.44 bits per heavy atom. The summed E-state index contributed by atoms with van der Waals surface area (Å²) in [5.74, 6) is -0.978. The van der Waals surface area contributed by atoms with E-state index in [2.05, 4.69) is 5.32 Å². The highest BCUT2D eigenvalue weighted by atomic mass is 16.6. The lowest BCUT2D eigenvalue weighted by molar-refractivity contribution is -0.163. The molecule has 0 aromatic rings. The molecule has 0 saturated carbocycles. The van der Waals surface area contributed by atoms with Gasteiger partial charge in [0, 0.05) is 18.0 Å². The highest BCUT2D eigenvalue weighted by Crippen LogP contribution is 2.32. The minimum absolute atomic E-state index is 0.287. The van der Waals surface area contributed by atoms with E-state index in [9.17, 15) is 9.59 Å². The summed E-state index contributed by atoms with van der Waals surface area (Å²) in [5.41, 5.74) is -0.892. The third-order valence-corrected chi connectivity index (χ3v) is 2.83. The summed E-state index contributed by atoms with van der Waals surface area (Å²) in [6.45, 7) is 9.87. The summed E-state index contributed by atoms with van der Waals surface area (Å²) in [4.78, 5) is 23.0. The highest BCUT2D eigenvalue weighted by Gasteiger charge is 2.47. The lowest BCUT2D eigenvalue weighted by Gasteiger charge is -2.30. The van der Waals surface area contributed by atoms with Gasteiger partial charge in [0.2, 0.25) is 0 Å². The zero-order valence-electron chi connectivity index (χ0n) is 10.7. The molecular weight excluding hydrogens is 206 g/mol. The van der Waals surface area contributed by atoms with Gasteiger partial charge in [0.15, 0.2) is 0 Å². The van der Waals surface area contributed by atoms with Gasteiger partial charge in [-0.1, -0.05) is 0 Å². The molecule has 92 valence electrons. The van der Waals surface area contributed by atoms with Gasteiger partial charge in [-0.05, 0) is 34.6 Å². The fourth-order valence-electron chi connectivity index (χ4n) is 2.11. The number of ether oxygens (including phenoxy) is 1. The van der Waals surface area contributed by atoms with Crippen LogP contribution in [0.1, 0.15) is 34.6 Å².